The summed E-state index contributed by atoms with van der Waals surface area (Å²) in [5, 5.41) is 0. The van der Waals surface area contributed by atoms with Crippen molar-refractivity contribution in [2.75, 3.05) is 6.61 Å². The highest BCUT2D eigenvalue weighted by atomic mass is 79.9. The molecule has 1 aromatic carbocycles. The van der Waals surface area contributed by atoms with E-state index >= 15 is 0 Å². The van der Waals surface area contributed by atoms with Crippen LogP contribution in [0.3, 0.4) is 0 Å². The maximum Gasteiger partial charge on any atom is 0.140 e. The van der Waals surface area contributed by atoms with Gasteiger partial charge < -0.3 is 4.74 Å². The first kappa shape index (κ1) is 11.0. The van der Waals surface area contributed by atoms with Gasteiger partial charge in [-0.3, -0.25) is 0 Å². The molecule has 1 fully saturated rings. The third-order valence-corrected chi connectivity index (χ3v) is 3.32. The molecule has 1 heterocycles. The third-order valence-electron chi connectivity index (χ3n) is 2.56. The van der Waals surface area contributed by atoms with Crippen molar-refractivity contribution in [3.8, 4) is 0 Å². The van der Waals surface area contributed by atoms with Gasteiger partial charge in [-0.25, -0.2) is 8.78 Å². The largest absolute Gasteiger partial charge is 0.375 e. The minimum atomic E-state index is -0.545. The lowest BCUT2D eigenvalue weighted by Gasteiger charge is -2.22. The number of benzene rings is 1. The lowest BCUT2D eigenvalue weighted by atomic mass is 9.92. The van der Waals surface area contributed by atoms with Gasteiger partial charge in [0.2, 0.25) is 0 Å². The van der Waals surface area contributed by atoms with Gasteiger partial charge >= 0.3 is 0 Å². The predicted octanol–water partition coefficient (Wildman–Crippen LogP) is 3.78. The summed E-state index contributed by atoms with van der Waals surface area (Å²) in [4.78, 5) is 0. The van der Waals surface area contributed by atoms with E-state index in [0.29, 0.717) is 18.6 Å². The molecule has 0 N–H and O–H groups in total. The van der Waals surface area contributed by atoms with Crippen LogP contribution in [0.4, 0.5) is 8.78 Å². The zero-order chi connectivity index (χ0) is 10.8. The zero-order valence-electron chi connectivity index (χ0n) is 7.97. The number of halogens is 3. The van der Waals surface area contributed by atoms with Crippen LogP contribution in [0.1, 0.15) is 24.3 Å². The van der Waals surface area contributed by atoms with Crippen LogP contribution in [0.15, 0.2) is 16.6 Å². The maximum atomic E-state index is 13.3. The van der Waals surface area contributed by atoms with E-state index in [4.69, 9.17) is 4.74 Å². The van der Waals surface area contributed by atoms with Gasteiger partial charge in [-0.15, -0.1) is 0 Å². The highest BCUT2D eigenvalue weighted by Gasteiger charge is 2.19. The number of hydrogen-bond donors (Lipinski definition) is 0. The first-order valence-corrected chi connectivity index (χ1v) is 5.55. The fourth-order valence-electron chi connectivity index (χ4n) is 1.71. The highest BCUT2D eigenvalue weighted by Crippen LogP contribution is 2.31. The summed E-state index contributed by atoms with van der Waals surface area (Å²) in [6, 6.07) is 2.77. The van der Waals surface area contributed by atoms with Gasteiger partial charge in [-0.1, -0.05) is 0 Å². The summed E-state index contributed by atoms with van der Waals surface area (Å²) in [6.45, 7) is 2.32. The minimum absolute atomic E-state index is 0.0951. The molecule has 0 amide bonds. The van der Waals surface area contributed by atoms with Gasteiger partial charge in [-0.2, -0.15) is 0 Å². The van der Waals surface area contributed by atoms with E-state index in [2.05, 4.69) is 15.9 Å². The second kappa shape index (κ2) is 4.58. The molecule has 0 bridgehead atoms. The van der Waals surface area contributed by atoms with Crippen molar-refractivity contribution in [2.24, 2.45) is 0 Å². The first-order valence-electron chi connectivity index (χ1n) is 4.76. The van der Waals surface area contributed by atoms with Gasteiger partial charge in [0.1, 0.15) is 11.6 Å². The van der Waals surface area contributed by atoms with Gasteiger partial charge in [0.15, 0.2) is 0 Å². The van der Waals surface area contributed by atoms with Crippen molar-refractivity contribution in [2.45, 2.75) is 18.8 Å². The summed E-state index contributed by atoms with van der Waals surface area (Å²) in [5.41, 5.74) is 0.702. The normalized spacial score (nSPS) is 18.1. The molecule has 1 saturated heterocycles. The standard InChI is InChI=1S/C11H10BrF2O/c12-11-9(13)5-8(6-10(11)14)7-1-3-15-4-2-7/h3,5-7H,1-2,4H2. The molecule has 1 aliphatic heterocycles. The first-order chi connectivity index (χ1) is 7.18. The van der Waals surface area contributed by atoms with Crippen molar-refractivity contribution in [1.29, 1.82) is 0 Å². The van der Waals surface area contributed by atoms with Crippen LogP contribution in [0.5, 0.6) is 0 Å². The fourth-order valence-corrected chi connectivity index (χ4v) is 1.94. The molecular weight excluding hydrogens is 266 g/mol. The summed E-state index contributed by atoms with van der Waals surface area (Å²) < 4.78 is 31.5. The molecule has 1 nitrogen and oxygen atoms in total. The van der Waals surface area contributed by atoms with E-state index in [1.165, 1.54) is 12.1 Å². The van der Waals surface area contributed by atoms with Crippen molar-refractivity contribution in [3.63, 3.8) is 0 Å². The third kappa shape index (κ3) is 2.37. The zero-order valence-corrected chi connectivity index (χ0v) is 9.56. The Morgan fingerprint density at radius 3 is 2.47 bits per heavy atom. The summed E-state index contributed by atoms with van der Waals surface area (Å²) in [6.07, 6.45) is 1.51. The summed E-state index contributed by atoms with van der Waals surface area (Å²) >= 11 is 2.85. The topological polar surface area (TPSA) is 9.23 Å². The Morgan fingerprint density at radius 1 is 1.27 bits per heavy atom. The van der Waals surface area contributed by atoms with Gasteiger partial charge in [0.05, 0.1) is 11.1 Å². The second-order valence-corrected chi connectivity index (χ2v) is 4.35. The van der Waals surface area contributed by atoms with E-state index in [0.717, 1.165) is 6.42 Å². The lowest BCUT2D eigenvalue weighted by Crippen LogP contribution is -2.11. The molecule has 0 aliphatic carbocycles. The van der Waals surface area contributed by atoms with E-state index in [-0.39, 0.29) is 10.4 Å². The average Bonchev–Trinajstić information content (AvgIpc) is 2.26. The summed E-state index contributed by atoms with van der Waals surface area (Å²) in [7, 11) is 0. The molecule has 1 atom stereocenters. The molecule has 1 aromatic rings. The van der Waals surface area contributed by atoms with Gasteiger partial charge in [-0.05, 0) is 52.4 Å². The fraction of sp³-hybridized carbons (Fsp3) is 0.364. The Bertz CT molecular complexity index is 339. The van der Waals surface area contributed by atoms with Crippen molar-refractivity contribution in [1.82, 2.24) is 0 Å². The molecule has 2 rings (SSSR count). The van der Waals surface area contributed by atoms with Crippen LogP contribution in [-0.2, 0) is 4.74 Å². The van der Waals surface area contributed by atoms with Crippen LogP contribution < -0.4 is 0 Å². The minimum Gasteiger partial charge on any atom is -0.375 e. The Balaban J connectivity index is 2.27. The van der Waals surface area contributed by atoms with E-state index < -0.39 is 11.6 Å². The van der Waals surface area contributed by atoms with Crippen molar-refractivity contribution in [3.05, 3.63) is 40.4 Å². The van der Waals surface area contributed by atoms with Crippen LogP contribution in [0, 0.1) is 18.2 Å². The van der Waals surface area contributed by atoms with Crippen LogP contribution in [0.2, 0.25) is 0 Å². The number of ether oxygens (including phenoxy) is 1. The molecule has 0 aromatic heterocycles. The van der Waals surface area contributed by atoms with Crippen LogP contribution in [-0.4, -0.2) is 6.61 Å². The van der Waals surface area contributed by atoms with E-state index in [9.17, 15) is 8.78 Å². The number of rotatable bonds is 1. The summed E-state index contributed by atoms with van der Waals surface area (Å²) in [5.74, 6) is -0.927. The highest BCUT2D eigenvalue weighted by molar-refractivity contribution is 9.10. The maximum absolute atomic E-state index is 13.3. The lowest BCUT2D eigenvalue weighted by molar-refractivity contribution is 0.143. The van der Waals surface area contributed by atoms with Crippen LogP contribution >= 0.6 is 15.9 Å². The van der Waals surface area contributed by atoms with E-state index in [1.54, 1.807) is 6.61 Å². The van der Waals surface area contributed by atoms with E-state index in [1.807, 2.05) is 0 Å². The molecule has 81 valence electrons. The Kier molecular flexibility index (Phi) is 3.36. The molecule has 4 heteroatoms. The molecular formula is C11H10BrF2O. The molecule has 1 unspecified atom stereocenters. The second-order valence-electron chi connectivity index (χ2n) is 3.56. The smallest absolute Gasteiger partial charge is 0.140 e. The van der Waals surface area contributed by atoms with Crippen molar-refractivity contribution >= 4 is 15.9 Å². The molecule has 0 spiro atoms. The van der Waals surface area contributed by atoms with Crippen LogP contribution in [0.25, 0.3) is 0 Å². The molecule has 15 heavy (non-hydrogen) atoms. The SMILES string of the molecule is Fc1cc(C2C[CH]OCC2)cc(F)c1Br. The monoisotopic (exact) mass is 275 g/mol. The Labute approximate surface area is 95.6 Å². The number of hydrogen-bond acceptors (Lipinski definition) is 1. The van der Waals surface area contributed by atoms with Gasteiger partial charge in [0, 0.05) is 6.61 Å². The van der Waals surface area contributed by atoms with Crippen molar-refractivity contribution < 1.29 is 13.5 Å². The van der Waals surface area contributed by atoms with Gasteiger partial charge in [0.25, 0.3) is 0 Å². The molecule has 1 radical (unpaired) electrons. The Hall–Kier alpha value is -0.480. The predicted molar refractivity (Wildman–Crippen MR) is 56.3 cm³/mol. The molecule has 0 saturated carbocycles. The molecule has 1 aliphatic rings. The average molecular weight is 276 g/mol. The Morgan fingerprint density at radius 2 is 1.93 bits per heavy atom. The quantitative estimate of drug-likeness (QED) is 0.709.